The van der Waals surface area contributed by atoms with Crippen LogP contribution >= 0.6 is 11.6 Å². The maximum Gasteiger partial charge on any atom is 0.404 e. The number of pyridine rings is 1. The molecule has 3 aromatic rings. The zero-order valence-electron chi connectivity index (χ0n) is 17.5. The Morgan fingerprint density at radius 3 is 2.72 bits per heavy atom. The summed E-state index contributed by atoms with van der Waals surface area (Å²) in [6, 6.07) is 9.83. The summed E-state index contributed by atoms with van der Waals surface area (Å²) in [6.07, 6.45) is 5.61. The molecule has 2 aliphatic rings. The van der Waals surface area contributed by atoms with Crippen LogP contribution in [0.1, 0.15) is 30.0 Å². The molecule has 0 atom stereocenters. The molecule has 166 valence electrons. The molecule has 2 saturated heterocycles. The zero-order valence-corrected chi connectivity index (χ0v) is 18.3. The normalized spacial score (nSPS) is 17.2. The lowest BCUT2D eigenvalue weighted by Gasteiger charge is -2.40. The molecule has 5 rings (SSSR count). The molecule has 0 unspecified atom stereocenters. The summed E-state index contributed by atoms with van der Waals surface area (Å²) in [4.78, 5) is 26.8. The largest absolute Gasteiger partial charge is 0.469 e. The van der Waals surface area contributed by atoms with E-state index in [9.17, 15) is 4.79 Å². The van der Waals surface area contributed by atoms with Gasteiger partial charge in [-0.25, -0.2) is 14.8 Å². The van der Waals surface area contributed by atoms with Gasteiger partial charge >= 0.3 is 5.43 Å². The number of carbonyl (C=O) groups is 1. The number of benzene rings is 1. The number of nitrogens with one attached hydrogen (secondary N) is 1. The first-order valence-corrected chi connectivity index (χ1v) is 11.2. The summed E-state index contributed by atoms with van der Waals surface area (Å²) in [6.45, 7) is 3.61. The fraction of sp³-hybridized carbons (Fsp3) is 0.391. The number of rotatable bonds is 6. The highest BCUT2D eigenvalue weighted by Gasteiger charge is 2.32. The van der Waals surface area contributed by atoms with Crippen molar-refractivity contribution in [3.05, 3.63) is 54.0 Å². The van der Waals surface area contributed by atoms with Gasteiger partial charge < -0.3 is 19.7 Å². The summed E-state index contributed by atoms with van der Waals surface area (Å²) >= 11 is 5.26. The van der Waals surface area contributed by atoms with E-state index in [1.165, 1.54) is 0 Å². The maximum absolute atomic E-state index is 10.8. The number of anilines is 1. The number of fused-ring (bicyclic) bond motifs is 1. The van der Waals surface area contributed by atoms with Gasteiger partial charge in [-0.2, -0.15) is 0 Å². The van der Waals surface area contributed by atoms with E-state index in [1.807, 2.05) is 30.3 Å². The third-order valence-corrected chi connectivity index (χ3v) is 6.07. The number of aromatic nitrogens is 3. The molecule has 2 fully saturated rings. The lowest BCUT2D eigenvalue weighted by Crippen LogP contribution is -2.54. The van der Waals surface area contributed by atoms with Gasteiger partial charge in [-0.3, -0.25) is 4.98 Å². The Bertz CT molecular complexity index is 1120. The second-order valence-corrected chi connectivity index (χ2v) is 8.45. The first-order valence-electron chi connectivity index (χ1n) is 10.8. The molecular weight excluding hydrogens is 430 g/mol. The van der Waals surface area contributed by atoms with Gasteiger partial charge in [-0.05, 0) is 49.7 Å². The van der Waals surface area contributed by atoms with Gasteiger partial charge in [-0.15, -0.1) is 0 Å². The zero-order chi connectivity index (χ0) is 21.9. The SMILES string of the molecule is O=C(Cl)OCc1ccc2ccc(N3CC(Oc4nccnc4C4CCNCC4)C3)nc2c1. The highest BCUT2D eigenvalue weighted by atomic mass is 35.5. The molecule has 0 saturated carbocycles. The Hall–Kier alpha value is -2.97. The summed E-state index contributed by atoms with van der Waals surface area (Å²) in [5, 5.41) is 4.41. The molecule has 2 aliphatic heterocycles. The highest BCUT2D eigenvalue weighted by Crippen LogP contribution is 2.31. The van der Waals surface area contributed by atoms with Crippen LogP contribution in [0.2, 0.25) is 0 Å². The fourth-order valence-electron chi connectivity index (χ4n) is 4.22. The van der Waals surface area contributed by atoms with Crippen LogP contribution in [-0.2, 0) is 11.3 Å². The minimum absolute atomic E-state index is 0.0548. The number of halogens is 1. The van der Waals surface area contributed by atoms with Gasteiger partial charge in [0.25, 0.3) is 0 Å². The molecular formula is C23H24ClN5O3. The van der Waals surface area contributed by atoms with Crippen LogP contribution in [0.15, 0.2) is 42.7 Å². The molecule has 0 spiro atoms. The maximum atomic E-state index is 10.8. The Morgan fingerprint density at radius 2 is 1.91 bits per heavy atom. The third kappa shape index (κ3) is 4.61. The van der Waals surface area contributed by atoms with Crippen molar-refractivity contribution in [2.75, 3.05) is 31.1 Å². The number of hydrogen-bond acceptors (Lipinski definition) is 8. The van der Waals surface area contributed by atoms with Gasteiger partial charge in [0.15, 0.2) is 0 Å². The smallest absolute Gasteiger partial charge is 0.404 e. The molecule has 0 amide bonds. The van der Waals surface area contributed by atoms with E-state index in [1.54, 1.807) is 12.4 Å². The van der Waals surface area contributed by atoms with Gasteiger partial charge in [0.2, 0.25) is 5.88 Å². The standard InChI is InChI=1S/C23H24ClN5O3/c24-23(30)31-14-15-1-2-16-3-4-20(28-19(16)11-15)29-12-18(13-29)32-22-21(26-9-10-27-22)17-5-7-25-8-6-17/h1-4,9-11,17-18,25H,5-8,12-14H2. The number of ether oxygens (including phenoxy) is 2. The van der Waals surface area contributed by atoms with E-state index in [-0.39, 0.29) is 12.7 Å². The molecule has 1 N–H and O–H groups in total. The molecule has 9 heteroatoms. The van der Waals surface area contributed by atoms with E-state index in [0.717, 1.165) is 67.0 Å². The second-order valence-electron chi connectivity index (χ2n) is 8.14. The second kappa shape index (κ2) is 9.26. The van der Waals surface area contributed by atoms with E-state index in [4.69, 9.17) is 26.1 Å². The van der Waals surface area contributed by atoms with Crippen molar-refractivity contribution in [2.45, 2.75) is 31.5 Å². The number of carbonyl (C=O) groups excluding carboxylic acids is 1. The van der Waals surface area contributed by atoms with Gasteiger partial charge in [0.05, 0.1) is 18.6 Å². The van der Waals surface area contributed by atoms with Crippen LogP contribution in [0.25, 0.3) is 10.9 Å². The molecule has 0 aliphatic carbocycles. The van der Waals surface area contributed by atoms with Crippen LogP contribution in [0.4, 0.5) is 10.6 Å². The van der Waals surface area contributed by atoms with Crippen molar-refractivity contribution in [2.24, 2.45) is 0 Å². The predicted molar refractivity (Wildman–Crippen MR) is 121 cm³/mol. The quantitative estimate of drug-likeness (QED) is 0.566. The molecule has 8 nitrogen and oxygen atoms in total. The van der Waals surface area contributed by atoms with Crippen LogP contribution < -0.4 is 15.0 Å². The molecule has 0 bridgehead atoms. The molecule has 4 heterocycles. The number of piperidine rings is 1. The van der Waals surface area contributed by atoms with E-state index in [0.29, 0.717) is 11.8 Å². The van der Waals surface area contributed by atoms with Crippen molar-refractivity contribution < 1.29 is 14.3 Å². The van der Waals surface area contributed by atoms with E-state index in [2.05, 4.69) is 20.2 Å². The topological polar surface area (TPSA) is 89.5 Å². The minimum Gasteiger partial charge on any atom is -0.469 e. The van der Waals surface area contributed by atoms with Gasteiger partial charge in [-0.1, -0.05) is 12.1 Å². The summed E-state index contributed by atoms with van der Waals surface area (Å²) in [5.74, 6) is 1.95. The number of hydrogen-bond donors (Lipinski definition) is 1. The van der Waals surface area contributed by atoms with Crippen molar-refractivity contribution in [3.8, 4) is 5.88 Å². The van der Waals surface area contributed by atoms with Crippen LogP contribution in [0, 0.1) is 0 Å². The Labute approximate surface area is 190 Å². The lowest BCUT2D eigenvalue weighted by atomic mass is 9.94. The first kappa shape index (κ1) is 20.9. The minimum atomic E-state index is -0.815. The van der Waals surface area contributed by atoms with Crippen molar-refractivity contribution in [1.82, 2.24) is 20.3 Å². The summed E-state index contributed by atoms with van der Waals surface area (Å²) < 4.78 is 11.1. The summed E-state index contributed by atoms with van der Waals surface area (Å²) in [7, 11) is 0. The van der Waals surface area contributed by atoms with Gasteiger partial charge in [0.1, 0.15) is 24.2 Å². The Kier molecular flexibility index (Phi) is 6.05. The number of nitrogens with zero attached hydrogens (tertiary/aromatic N) is 4. The summed E-state index contributed by atoms with van der Waals surface area (Å²) in [5.41, 5.74) is 1.84. The Balaban J connectivity index is 1.24. The molecule has 0 radical (unpaired) electrons. The van der Waals surface area contributed by atoms with Crippen molar-refractivity contribution in [3.63, 3.8) is 0 Å². The lowest BCUT2D eigenvalue weighted by molar-refractivity contribution is 0.156. The average Bonchev–Trinajstić information content (AvgIpc) is 2.80. The van der Waals surface area contributed by atoms with Crippen LogP contribution in [0.5, 0.6) is 5.88 Å². The fourth-order valence-corrected chi connectivity index (χ4v) is 4.27. The Morgan fingerprint density at radius 1 is 1.12 bits per heavy atom. The molecule has 32 heavy (non-hydrogen) atoms. The van der Waals surface area contributed by atoms with E-state index >= 15 is 0 Å². The van der Waals surface area contributed by atoms with Crippen LogP contribution in [-0.4, -0.2) is 52.7 Å². The monoisotopic (exact) mass is 453 g/mol. The molecule has 1 aromatic carbocycles. The van der Waals surface area contributed by atoms with Crippen molar-refractivity contribution in [1.29, 1.82) is 0 Å². The predicted octanol–water partition coefficient (Wildman–Crippen LogP) is 3.63. The van der Waals surface area contributed by atoms with Crippen LogP contribution in [0.3, 0.4) is 0 Å². The third-order valence-electron chi connectivity index (χ3n) is 5.96. The molecule has 2 aromatic heterocycles. The van der Waals surface area contributed by atoms with Crippen molar-refractivity contribution >= 4 is 33.8 Å². The highest BCUT2D eigenvalue weighted by molar-refractivity contribution is 6.61. The van der Waals surface area contributed by atoms with Gasteiger partial charge in [0, 0.05) is 35.3 Å². The first-order chi connectivity index (χ1) is 15.7. The van der Waals surface area contributed by atoms with E-state index < -0.39 is 5.43 Å². The average molecular weight is 454 g/mol.